The maximum atomic E-state index is 14.0. The standard InChI is InChI=1S/C19H15F2NO2/c1-11(14-6-4-13(10-22)5-7-14)18(12(2)23)15-8-16(20)19(24-3)17(21)9-15/h4-9H,1-3H3. The Morgan fingerprint density at radius 1 is 1.04 bits per heavy atom. The summed E-state index contributed by atoms with van der Waals surface area (Å²) >= 11 is 0. The highest BCUT2D eigenvalue weighted by Gasteiger charge is 2.18. The zero-order chi connectivity index (χ0) is 17.9. The van der Waals surface area contributed by atoms with E-state index in [1.165, 1.54) is 14.0 Å². The van der Waals surface area contributed by atoms with Gasteiger partial charge in [0.25, 0.3) is 0 Å². The fraction of sp³-hybridized carbons (Fsp3) is 0.158. The van der Waals surface area contributed by atoms with E-state index in [0.717, 1.165) is 12.1 Å². The normalized spacial score (nSPS) is 11.5. The van der Waals surface area contributed by atoms with Gasteiger partial charge < -0.3 is 4.74 Å². The predicted octanol–water partition coefficient (Wildman–Crippen LogP) is 4.36. The van der Waals surface area contributed by atoms with E-state index in [9.17, 15) is 13.6 Å². The van der Waals surface area contributed by atoms with Crippen LogP contribution >= 0.6 is 0 Å². The number of halogens is 2. The van der Waals surface area contributed by atoms with Crippen molar-refractivity contribution >= 4 is 16.9 Å². The fourth-order valence-electron chi connectivity index (χ4n) is 2.52. The van der Waals surface area contributed by atoms with E-state index in [1.54, 1.807) is 31.2 Å². The summed E-state index contributed by atoms with van der Waals surface area (Å²) in [4.78, 5) is 12.1. The number of allylic oxidation sites excluding steroid dienone is 2. The first kappa shape index (κ1) is 17.4. The predicted molar refractivity (Wildman–Crippen MR) is 87.2 cm³/mol. The summed E-state index contributed by atoms with van der Waals surface area (Å²) in [6.45, 7) is 3.03. The first-order chi connectivity index (χ1) is 11.4. The van der Waals surface area contributed by atoms with Crippen LogP contribution in [0.3, 0.4) is 0 Å². The number of carbonyl (C=O) groups excluding carboxylic acids is 1. The number of methoxy groups -OCH3 is 1. The average molecular weight is 327 g/mol. The molecule has 0 spiro atoms. The van der Waals surface area contributed by atoms with Crippen molar-refractivity contribution in [3.63, 3.8) is 0 Å². The van der Waals surface area contributed by atoms with Gasteiger partial charge in [0.05, 0.1) is 18.7 Å². The Kier molecular flexibility index (Phi) is 5.10. The van der Waals surface area contributed by atoms with E-state index in [-0.39, 0.29) is 16.9 Å². The number of rotatable bonds is 4. The number of hydrogen-bond acceptors (Lipinski definition) is 3. The molecule has 0 radical (unpaired) electrons. The molecule has 2 rings (SSSR count). The second-order valence-corrected chi connectivity index (χ2v) is 5.22. The third-order valence-corrected chi connectivity index (χ3v) is 3.67. The van der Waals surface area contributed by atoms with Gasteiger partial charge in [-0.1, -0.05) is 12.1 Å². The molecule has 3 nitrogen and oxygen atoms in total. The molecule has 122 valence electrons. The van der Waals surface area contributed by atoms with Gasteiger partial charge in [0, 0.05) is 5.57 Å². The van der Waals surface area contributed by atoms with Crippen LogP contribution in [0.15, 0.2) is 36.4 Å². The van der Waals surface area contributed by atoms with Gasteiger partial charge in [0.1, 0.15) is 0 Å². The SMILES string of the molecule is COc1c(F)cc(C(C(C)=O)=C(C)c2ccc(C#N)cc2)cc1F. The summed E-state index contributed by atoms with van der Waals surface area (Å²) < 4.78 is 32.6. The highest BCUT2D eigenvalue weighted by molar-refractivity contribution is 6.26. The van der Waals surface area contributed by atoms with Crippen LogP contribution in [0, 0.1) is 23.0 Å². The second-order valence-electron chi connectivity index (χ2n) is 5.22. The topological polar surface area (TPSA) is 50.1 Å². The first-order valence-corrected chi connectivity index (χ1v) is 7.14. The van der Waals surface area contributed by atoms with Crippen LogP contribution in [0.25, 0.3) is 11.1 Å². The number of nitriles is 1. The summed E-state index contributed by atoms with van der Waals surface area (Å²) in [6, 6.07) is 10.8. The van der Waals surface area contributed by atoms with Crippen molar-refractivity contribution in [2.75, 3.05) is 7.11 Å². The lowest BCUT2D eigenvalue weighted by Crippen LogP contribution is -2.02. The van der Waals surface area contributed by atoms with Crippen LogP contribution in [0.2, 0.25) is 0 Å². The Morgan fingerprint density at radius 2 is 1.58 bits per heavy atom. The molecule has 0 aliphatic heterocycles. The lowest BCUT2D eigenvalue weighted by molar-refractivity contribution is -0.111. The van der Waals surface area contributed by atoms with E-state index in [0.29, 0.717) is 16.7 Å². The van der Waals surface area contributed by atoms with Crippen molar-refractivity contribution in [2.45, 2.75) is 13.8 Å². The maximum absolute atomic E-state index is 14.0. The van der Waals surface area contributed by atoms with Gasteiger partial charge in [0.2, 0.25) is 0 Å². The third kappa shape index (κ3) is 3.33. The van der Waals surface area contributed by atoms with E-state index in [4.69, 9.17) is 5.26 Å². The molecule has 0 N–H and O–H groups in total. The van der Waals surface area contributed by atoms with Crippen LogP contribution in [-0.2, 0) is 4.79 Å². The van der Waals surface area contributed by atoms with Gasteiger partial charge in [-0.2, -0.15) is 5.26 Å². The summed E-state index contributed by atoms with van der Waals surface area (Å²) in [7, 11) is 1.17. The highest BCUT2D eigenvalue weighted by atomic mass is 19.1. The Balaban J connectivity index is 2.64. The molecule has 24 heavy (non-hydrogen) atoms. The number of ketones is 1. The van der Waals surface area contributed by atoms with E-state index >= 15 is 0 Å². The summed E-state index contributed by atoms with van der Waals surface area (Å²) in [5.74, 6) is -2.56. The van der Waals surface area contributed by atoms with Crippen molar-refractivity contribution in [1.29, 1.82) is 5.26 Å². The van der Waals surface area contributed by atoms with Gasteiger partial charge in [-0.15, -0.1) is 0 Å². The third-order valence-electron chi connectivity index (χ3n) is 3.67. The molecule has 0 atom stereocenters. The Hall–Kier alpha value is -3.00. The van der Waals surface area contributed by atoms with Gasteiger partial charge in [-0.05, 0) is 54.8 Å². The number of carbonyl (C=O) groups is 1. The lowest BCUT2D eigenvalue weighted by Gasteiger charge is -2.12. The van der Waals surface area contributed by atoms with Crippen LogP contribution in [-0.4, -0.2) is 12.9 Å². The van der Waals surface area contributed by atoms with E-state index in [1.807, 2.05) is 6.07 Å². The average Bonchev–Trinajstić information content (AvgIpc) is 2.54. The maximum Gasteiger partial charge on any atom is 0.190 e. The molecule has 0 saturated carbocycles. The van der Waals surface area contributed by atoms with Crippen molar-refractivity contribution in [2.24, 2.45) is 0 Å². The minimum absolute atomic E-state index is 0.139. The zero-order valence-electron chi connectivity index (χ0n) is 13.5. The number of Topliss-reactive ketones (excluding diaryl/α,β-unsaturated/α-hetero) is 1. The monoisotopic (exact) mass is 327 g/mol. The smallest absolute Gasteiger partial charge is 0.190 e. The minimum atomic E-state index is -0.876. The van der Waals surface area contributed by atoms with Crippen LogP contribution in [0.5, 0.6) is 5.75 Å². The molecule has 0 fully saturated rings. The Labute approximate surface area is 138 Å². The molecule has 2 aromatic carbocycles. The largest absolute Gasteiger partial charge is 0.491 e. The molecule has 0 bridgehead atoms. The summed E-state index contributed by atoms with van der Waals surface area (Å²) in [6.07, 6.45) is 0. The molecule has 0 aliphatic rings. The molecule has 0 unspecified atom stereocenters. The molecule has 0 saturated heterocycles. The van der Waals surface area contributed by atoms with Gasteiger partial charge in [-0.3, -0.25) is 4.79 Å². The number of nitrogens with zero attached hydrogens (tertiary/aromatic N) is 1. The molecule has 2 aromatic rings. The molecule has 0 amide bonds. The van der Waals surface area contributed by atoms with Crippen molar-refractivity contribution in [1.82, 2.24) is 0 Å². The Morgan fingerprint density at radius 3 is 2.00 bits per heavy atom. The first-order valence-electron chi connectivity index (χ1n) is 7.14. The lowest BCUT2D eigenvalue weighted by atomic mass is 9.92. The number of ether oxygens (including phenoxy) is 1. The van der Waals surface area contributed by atoms with Crippen molar-refractivity contribution in [3.8, 4) is 11.8 Å². The van der Waals surface area contributed by atoms with Crippen molar-refractivity contribution < 1.29 is 18.3 Å². The van der Waals surface area contributed by atoms with E-state index < -0.39 is 17.4 Å². The molecular formula is C19H15F2NO2. The van der Waals surface area contributed by atoms with Crippen LogP contribution in [0.4, 0.5) is 8.78 Å². The van der Waals surface area contributed by atoms with Gasteiger partial charge in [0.15, 0.2) is 23.2 Å². The minimum Gasteiger partial charge on any atom is -0.491 e. The van der Waals surface area contributed by atoms with Gasteiger partial charge >= 0.3 is 0 Å². The zero-order valence-corrected chi connectivity index (χ0v) is 13.5. The summed E-state index contributed by atoms with van der Waals surface area (Å²) in [5.41, 5.74) is 2.09. The molecule has 0 aromatic heterocycles. The molecular weight excluding hydrogens is 312 g/mol. The van der Waals surface area contributed by atoms with E-state index in [2.05, 4.69) is 4.74 Å². The number of benzene rings is 2. The quantitative estimate of drug-likeness (QED) is 0.619. The Bertz CT molecular complexity index is 839. The van der Waals surface area contributed by atoms with Crippen LogP contribution < -0.4 is 4.74 Å². The van der Waals surface area contributed by atoms with Crippen molar-refractivity contribution in [3.05, 3.63) is 64.7 Å². The fourth-order valence-corrected chi connectivity index (χ4v) is 2.52. The van der Waals surface area contributed by atoms with Gasteiger partial charge in [-0.25, -0.2) is 8.78 Å². The van der Waals surface area contributed by atoms with Crippen LogP contribution in [0.1, 0.15) is 30.5 Å². The molecule has 0 aliphatic carbocycles. The second kappa shape index (κ2) is 7.05. The summed E-state index contributed by atoms with van der Waals surface area (Å²) in [5, 5.41) is 8.84. The number of hydrogen-bond donors (Lipinski definition) is 0. The molecule has 0 heterocycles. The highest BCUT2D eigenvalue weighted by Crippen LogP contribution is 2.31. The molecule has 5 heteroatoms.